The van der Waals surface area contributed by atoms with Gasteiger partial charge in [0.05, 0.1) is 23.8 Å². The van der Waals surface area contributed by atoms with E-state index in [0.717, 1.165) is 11.3 Å². The molecule has 0 radical (unpaired) electrons. The molecule has 0 aliphatic carbocycles. The fourth-order valence-corrected chi connectivity index (χ4v) is 2.79. The molecular formula is C19H25N7O2. The summed E-state index contributed by atoms with van der Waals surface area (Å²) in [6.07, 6.45) is 3.52. The van der Waals surface area contributed by atoms with Crippen LogP contribution >= 0.6 is 0 Å². The molecule has 1 amide bonds. The molecule has 0 bridgehead atoms. The van der Waals surface area contributed by atoms with Crippen molar-refractivity contribution in [3.8, 4) is 0 Å². The Labute approximate surface area is 163 Å². The van der Waals surface area contributed by atoms with E-state index in [1.165, 1.54) is 6.20 Å². The van der Waals surface area contributed by atoms with Gasteiger partial charge in [-0.2, -0.15) is 10.1 Å². The standard InChI is InChI=1S/C19H25N7O2/c1-11(2)19-23-17(25-28-19)9-21-18(27)14-6-7-16(20-8-14)22-12(3)15-10-26(5)24-13(15)4/h6-8,10-12H,9H2,1-5H3,(H,20,22)(H,21,27)/t12-/m0/s1. The van der Waals surface area contributed by atoms with Gasteiger partial charge >= 0.3 is 0 Å². The molecule has 0 spiro atoms. The second-order valence-electron chi connectivity index (χ2n) is 7.03. The number of anilines is 1. The molecule has 0 aromatic carbocycles. The summed E-state index contributed by atoms with van der Waals surface area (Å²) in [5.41, 5.74) is 2.54. The van der Waals surface area contributed by atoms with Gasteiger partial charge in [0.25, 0.3) is 5.91 Å². The Morgan fingerprint density at radius 3 is 2.64 bits per heavy atom. The second kappa shape index (κ2) is 8.20. The van der Waals surface area contributed by atoms with E-state index in [0.29, 0.717) is 23.1 Å². The van der Waals surface area contributed by atoms with Gasteiger partial charge in [-0.05, 0) is 26.0 Å². The van der Waals surface area contributed by atoms with E-state index in [4.69, 9.17) is 4.52 Å². The average molecular weight is 383 g/mol. The van der Waals surface area contributed by atoms with E-state index in [1.54, 1.807) is 16.8 Å². The van der Waals surface area contributed by atoms with Crippen LogP contribution in [0.1, 0.15) is 66.1 Å². The van der Waals surface area contributed by atoms with E-state index >= 15 is 0 Å². The molecule has 0 saturated carbocycles. The van der Waals surface area contributed by atoms with Crippen molar-refractivity contribution in [2.45, 2.75) is 46.2 Å². The fraction of sp³-hybridized carbons (Fsp3) is 0.421. The van der Waals surface area contributed by atoms with Crippen molar-refractivity contribution in [1.82, 2.24) is 30.2 Å². The first-order chi connectivity index (χ1) is 13.3. The van der Waals surface area contributed by atoms with Gasteiger partial charge in [-0.25, -0.2) is 4.98 Å². The summed E-state index contributed by atoms with van der Waals surface area (Å²) in [6, 6.07) is 3.56. The largest absolute Gasteiger partial charge is 0.363 e. The first-order valence-electron chi connectivity index (χ1n) is 9.17. The Morgan fingerprint density at radius 1 is 1.29 bits per heavy atom. The minimum Gasteiger partial charge on any atom is -0.363 e. The van der Waals surface area contributed by atoms with Crippen LogP contribution < -0.4 is 10.6 Å². The SMILES string of the molecule is Cc1nn(C)cc1[C@H](C)Nc1ccc(C(=O)NCc2noc(C(C)C)n2)cn1. The quantitative estimate of drug-likeness (QED) is 0.645. The molecule has 3 aromatic rings. The third-order valence-corrected chi connectivity index (χ3v) is 4.29. The highest BCUT2D eigenvalue weighted by Crippen LogP contribution is 2.20. The molecule has 9 heteroatoms. The van der Waals surface area contributed by atoms with Crippen molar-refractivity contribution in [1.29, 1.82) is 0 Å². The monoisotopic (exact) mass is 383 g/mol. The van der Waals surface area contributed by atoms with Crippen molar-refractivity contribution in [2.75, 3.05) is 5.32 Å². The van der Waals surface area contributed by atoms with Crippen LogP contribution in [-0.2, 0) is 13.6 Å². The molecule has 28 heavy (non-hydrogen) atoms. The molecule has 3 aromatic heterocycles. The molecule has 0 unspecified atom stereocenters. The Balaban J connectivity index is 1.57. The van der Waals surface area contributed by atoms with Gasteiger partial charge in [0.2, 0.25) is 5.89 Å². The third kappa shape index (κ3) is 4.54. The van der Waals surface area contributed by atoms with Crippen LogP contribution in [0, 0.1) is 6.92 Å². The molecule has 148 valence electrons. The Morgan fingerprint density at radius 2 is 2.07 bits per heavy atom. The van der Waals surface area contributed by atoms with Crippen LogP contribution in [0.2, 0.25) is 0 Å². The Hall–Kier alpha value is -3.23. The van der Waals surface area contributed by atoms with Gasteiger partial charge in [0.1, 0.15) is 5.82 Å². The van der Waals surface area contributed by atoms with Crippen LogP contribution in [-0.4, -0.2) is 30.8 Å². The van der Waals surface area contributed by atoms with Crippen LogP contribution in [0.3, 0.4) is 0 Å². The molecule has 0 aliphatic heterocycles. The summed E-state index contributed by atoms with van der Waals surface area (Å²) < 4.78 is 6.91. The predicted molar refractivity (Wildman–Crippen MR) is 104 cm³/mol. The lowest BCUT2D eigenvalue weighted by Gasteiger charge is -2.14. The van der Waals surface area contributed by atoms with Crippen molar-refractivity contribution >= 4 is 11.7 Å². The number of nitrogens with zero attached hydrogens (tertiary/aromatic N) is 5. The number of amides is 1. The number of rotatable bonds is 7. The van der Waals surface area contributed by atoms with Gasteiger partial charge in [0, 0.05) is 30.9 Å². The number of carbonyl (C=O) groups is 1. The highest BCUT2D eigenvalue weighted by atomic mass is 16.5. The van der Waals surface area contributed by atoms with Gasteiger partial charge in [-0.15, -0.1) is 0 Å². The smallest absolute Gasteiger partial charge is 0.253 e. The van der Waals surface area contributed by atoms with E-state index in [2.05, 4.69) is 30.9 Å². The van der Waals surface area contributed by atoms with Gasteiger partial charge in [0.15, 0.2) is 5.82 Å². The molecule has 0 aliphatic rings. The molecule has 0 saturated heterocycles. The third-order valence-electron chi connectivity index (χ3n) is 4.29. The highest BCUT2D eigenvalue weighted by molar-refractivity contribution is 5.93. The summed E-state index contributed by atoms with van der Waals surface area (Å²) in [6.45, 7) is 8.15. The van der Waals surface area contributed by atoms with Crippen LogP contribution in [0.5, 0.6) is 0 Å². The number of nitrogens with one attached hydrogen (secondary N) is 2. The maximum atomic E-state index is 12.3. The highest BCUT2D eigenvalue weighted by Gasteiger charge is 2.14. The van der Waals surface area contributed by atoms with Crippen molar-refractivity contribution < 1.29 is 9.32 Å². The number of aryl methyl sites for hydroxylation is 2. The van der Waals surface area contributed by atoms with Crippen LogP contribution in [0.15, 0.2) is 29.0 Å². The summed E-state index contributed by atoms with van der Waals surface area (Å²) in [4.78, 5) is 20.9. The van der Waals surface area contributed by atoms with E-state index < -0.39 is 0 Å². The van der Waals surface area contributed by atoms with Crippen LogP contribution in [0.25, 0.3) is 0 Å². The molecule has 3 heterocycles. The fourth-order valence-electron chi connectivity index (χ4n) is 2.79. The zero-order valence-electron chi connectivity index (χ0n) is 16.7. The lowest BCUT2D eigenvalue weighted by Crippen LogP contribution is -2.23. The molecule has 0 fully saturated rings. The topological polar surface area (TPSA) is 111 Å². The maximum absolute atomic E-state index is 12.3. The Bertz CT molecular complexity index is 944. The second-order valence-corrected chi connectivity index (χ2v) is 7.03. The maximum Gasteiger partial charge on any atom is 0.253 e. The zero-order chi connectivity index (χ0) is 20.3. The average Bonchev–Trinajstić information content (AvgIpc) is 3.26. The predicted octanol–water partition coefficient (Wildman–Crippen LogP) is 2.73. The number of carbonyl (C=O) groups excluding carboxylic acids is 1. The Kier molecular flexibility index (Phi) is 5.72. The lowest BCUT2D eigenvalue weighted by atomic mass is 10.1. The lowest BCUT2D eigenvalue weighted by molar-refractivity contribution is 0.0949. The number of aromatic nitrogens is 5. The van der Waals surface area contributed by atoms with E-state index in [1.807, 2.05) is 40.9 Å². The minimum atomic E-state index is -0.244. The molecule has 3 rings (SSSR count). The summed E-state index contributed by atoms with van der Waals surface area (Å²) in [5.74, 6) is 1.60. The van der Waals surface area contributed by atoms with Gasteiger partial charge < -0.3 is 15.2 Å². The first-order valence-corrected chi connectivity index (χ1v) is 9.17. The summed E-state index contributed by atoms with van der Waals surface area (Å²) in [7, 11) is 1.90. The molecule has 1 atom stereocenters. The number of hydrogen-bond donors (Lipinski definition) is 2. The van der Waals surface area contributed by atoms with Gasteiger partial charge in [-0.1, -0.05) is 19.0 Å². The van der Waals surface area contributed by atoms with Crippen molar-refractivity contribution in [2.24, 2.45) is 7.05 Å². The number of pyridine rings is 1. The molecule has 9 nitrogen and oxygen atoms in total. The van der Waals surface area contributed by atoms with E-state index in [-0.39, 0.29) is 24.4 Å². The van der Waals surface area contributed by atoms with Crippen molar-refractivity contribution in [3.05, 3.63) is 53.1 Å². The zero-order valence-corrected chi connectivity index (χ0v) is 16.7. The van der Waals surface area contributed by atoms with Crippen molar-refractivity contribution in [3.63, 3.8) is 0 Å². The summed E-state index contributed by atoms with van der Waals surface area (Å²) in [5, 5.41) is 14.3. The minimum absolute atomic E-state index is 0.0502. The van der Waals surface area contributed by atoms with Gasteiger partial charge in [-0.3, -0.25) is 9.48 Å². The normalized spacial score (nSPS) is 12.2. The van der Waals surface area contributed by atoms with Crippen LogP contribution in [0.4, 0.5) is 5.82 Å². The van der Waals surface area contributed by atoms with E-state index in [9.17, 15) is 4.79 Å². The summed E-state index contributed by atoms with van der Waals surface area (Å²) >= 11 is 0. The first kappa shape index (κ1) is 19.5. The molecular weight excluding hydrogens is 358 g/mol. The molecule has 2 N–H and O–H groups in total. The number of hydrogen-bond acceptors (Lipinski definition) is 7.